The first kappa shape index (κ1) is 8.45. The highest BCUT2D eigenvalue weighted by Gasteiger charge is 2.03. The maximum atomic E-state index is 11.1. The van der Waals surface area contributed by atoms with Crippen LogP contribution in [0.25, 0.3) is 0 Å². The average molecular weight is 166 g/mol. The Morgan fingerprint density at radius 1 is 1.58 bits per heavy atom. The summed E-state index contributed by atoms with van der Waals surface area (Å²) >= 11 is 0. The van der Waals surface area contributed by atoms with E-state index in [0.29, 0.717) is 5.82 Å². The number of nitrogens with zero attached hydrogens (tertiary/aromatic N) is 3. The molecule has 2 amide bonds. The summed E-state index contributed by atoms with van der Waals surface area (Å²) in [7, 11) is 3.32. The summed E-state index contributed by atoms with van der Waals surface area (Å²) in [4.78, 5) is 12.5. The molecular formula is C7H10N4O. The summed E-state index contributed by atoms with van der Waals surface area (Å²) < 4.78 is 0. The molecule has 1 heterocycles. The van der Waals surface area contributed by atoms with Gasteiger partial charge in [0.05, 0.1) is 0 Å². The number of hydrogen-bond acceptors (Lipinski definition) is 3. The number of aromatic nitrogens is 2. The average Bonchev–Trinajstić information content (AvgIpc) is 2.06. The van der Waals surface area contributed by atoms with E-state index in [9.17, 15) is 4.79 Å². The first-order valence-electron chi connectivity index (χ1n) is 3.46. The summed E-state index contributed by atoms with van der Waals surface area (Å²) in [6.45, 7) is 0. The molecule has 0 saturated carbocycles. The molecule has 0 aliphatic heterocycles. The van der Waals surface area contributed by atoms with E-state index in [1.54, 1.807) is 32.4 Å². The van der Waals surface area contributed by atoms with Crippen molar-refractivity contribution < 1.29 is 4.79 Å². The van der Waals surface area contributed by atoms with E-state index in [0.717, 1.165) is 0 Å². The van der Waals surface area contributed by atoms with Crippen molar-refractivity contribution in [2.24, 2.45) is 0 Å². The van der Waals surface area contributed by atoms with Crippen molar-refractivity contribution >= 4 is 11.8 Å². The summed E-state index contributed by atoms with van der Waals surface area (Å²) in [6.07, 6.45) is 1.55. The summed E-state index contributed by atoms with van der Waals surface area (Å²) in [6, 6.07) is 3.17. The van der Waals surface area contributed by atoms with Crippen LogP contribution in [0.4, 0.5) is 10.6 Å². The molecule has 1 N–H and O–H groups in total. The zero-order chi connectivity index (χ0) is 8.97. The van der Waals surface area contributed by atoms with Crippen molar-refractivity contribution in [3.05, 3.63) is 18.3 Å². The van der Waals surface area contributed by atoms with Gasteiger partial charge in [-0.3, -0.25) is 5.32 Å². The van der Waals surface area contributed by atoms with E-state index in [4.69, 9.17) is 0 Å². The number of carbonyl (C=O) groups is 1. The van der Waals surface area contributed by atoms with Gasteiger partial charge in [-0.05, 0) is 12.1 Å². The molecule has 0 spiro atoms. The molecule has 0 bridgehead atoms. The fraction of sp³-hybridized carbons (Fsp3) is 0.286. The molecule has 12 heavy (non-hydrogen) atoms. The summed E-state index contributed by atoms with van der Waals surface area (Å²) in [5, 5.41) is 9.86. The van der Waals surface area contributed by atoms with Crippen LogP contribution in [0.3, 0.4) is 0 Å². The molecule has 5 nitrogen and oxygen atoms in total. The molecule has 0 atom stereocenters. The van der Waals surface area contributed by atoms with Gasteiger partial charge in [0.2, 0.25) is 0 Å². The number of urea groups is 1. The molecule has 0 radical (unpaired) electrons. The Balaban J connectivity index is 2.59. The second-order valence-corrected chi connectivity index (χ2v) is 2.43. The van der Waals surface area contributed by atoms with Gasteiger partial charge in [-0.15, -0.1) is 5.10 Å². The third-order valence-corrected chi connectivity index (χ3v) is 1.21. The minimum absolute atomic E-state index is 0.212. The van der Waals surface area contributed by atoms with E-state index < -0.39 is 0 Å². The standard InChI is InChI=1S/C7H10N4O/c1-11(2)7(12)9-6-4-3-5-8-10-6/h3-5H,1-2H3,(H,9,10,12). The molecule has 0 unspecified atom stereocenters. The minimum atomic E-state index is -0.212. The quantitative estimate of drug-likeness (QED) is 0.663. The highest BCUT2D eigenvalue weighted by molar-refractivity contribution is 5.87. The first-order valence-corrected chi connectivity index (χ1v) is 3.46. The Bertz CT molecular complexity index is 259. The normalized spacial score (nSPS) is 9.17. The summed E-state index contributed by atoms with van der Waals surface area (Å²) in [5.74, 6) is 0.455. The Morgan fingerprint density at radius 2 is 2.33 bits per heavy atom. The Morgan fingerprint density at radius 3 is 2.83 bits per heavy atom. The smallest absolute Gasteiger partial charge is 0.322 e. The van der Waals surface area contributed by atoms with Crippen LogP contribution in [-0.4, -0.2) is 35.2 Å². The van der Waals surface area contributed by atoms with Crippen LogP contribution < -0.4 is 5.32 Å². The van der Waals surface area contributed by atoms with Crippen LogP contribution in [0.1, 0.15) is 0 Å². The maximum Gasteiger partial charge on any atom is 0.322 e. The topological polar surface area (TPSA) is 58.1 Å². The molecule has 0 saturated heterocycles. The van der Waals surface area contributed by atoms with Crippen molar-refractivity contribution in [2.75, 3.05) is 19.4 Å². The van der Waals surface area contributed by atoms with Gasteiger partial charge in [-0.1, -0.05) is 0 Å². The number of hydrogen-bond donors (Lipinski definition) is 1. The largest absolute Gasteiger partial charge is 0.331 e. The molecule has 1 aromatic heterocycles. The Hall–Kier alpha value is -1.65. The number of nitrogens with one attached hydrogen (secondary N) is 1. The molecular weight excluding hydrogens is 156 g/mol. The van der Waals surface area contributed by atoms with Crippen LogP contribution in [0, 0.1) is 0 Å². The van der Waals surface area contributed by atoms with Crippen molar-refractivity contribution in [3.8, 4) is 0 Å². The second-order valence-electron chi connectivity index (χ2n) is 2.43. The van der Waals surface area contributed by atoms with Gasteiger partial charge >= 0.3 is 6.03 Å². The molecule has 5 heteroatoms. The molecule has 64 valence electrons. The molecule has 0 aliphatic rings. The number of anilines is 1. The predicted octanol–water partition coefficient (Wildman–Crippen LogP) is 0.570. The van der Waals surface area contributed by atoms with Crippen LogP contribution in [0.5, 0.6) is 0 Å². The minimum Gasteiger partial charge on any atom is -0.331 e. The first-order chi connectivity index (χ1) is 5.70. The fourth-order valence-electron chi connectivity index (χ4n) is 0.590. The number of rotatable bonds is 1. The SMILES string of the molecule is CN(C)C(=O)Nc1cccnn1. The molecule has 0 aliphatic carbocycles. The predicted molar refractivity (Wildman–Crippen MR) is 44.7 cm³/mol. The molecule has 0 fully saturated rings. The van der Waals surface area contributed by atoms with Crippen LogP contribution in [0.2, 0.25) is 0 Å². The van der Waals surface area contributed by atoms with Crippen molar-refractivity contribution in [2.45, 2.75) is 0 Å². The Labute approximate surface area is 70.4 Å². The van der Waals surface area contributed by atoms with Crippen molar-refractivity contribution in [1.82, 2.24) is 15.1 Å². The monoisotopic (exact) mass is 166 g/mol. The lowest BCUT2D eigenvalue weighted by Crippen LogP contribution is -2.27. The third kappa shape index (κ3) is 2.19. The van der Waals surface area contributed by atoms with Crippen molar-refractivity contribution in [3.63, 3.8) is 0 Å². The van der Waals surface area contributed by atoms with E-state index in [1.165, 1.54) is 4.90 Å². The zero-order valence-electron chi connectivity index (χ0n) is 6.98. The maximum absolute atomic E-state index is 11.1. The van der Waals surface area contributed by atoms with Gasteiger partial charge in [0.15, 0.2) is 5.82 Å². The lowest BCUT2D eigenvalue weighted by Gasteiger charge is -2.10. The van der Waals surface area contributed by atoms with E-state index in [2.05, 4.69) is 15.5 Å². The van der Waals surface area contributed by atoms with Crippen LogP contribution in [-0.2, 0) is 0 Å². The highest BCUT2D eigenvalue weighted by Crippen LogP contribution is 1.98. The molecule has 1 rings (SSSR count). The van der Waals surface area contributed by atoms with Gasteiger partial charge < -0.3 is 4.90 Å². The van der Waals surface area contributed by atoms with Gasteiger partial charge in [-0.2, -0.15) is 5.10 Å². The van der Waals surface area contributed by atoms with Crippen LogP contribution >= 0.6 is 0 Å². The number of carbonyl (C=O) groups excluding carboxylic acids is 1. The van der Waals surface area contributed by atoms with Gasteiger partial charge in [-0.25, -0.2) is 4.79 Å². The number of amides is 2. The molecule has 0 aromatic carbocycles. The van der Waals surface area contributed by atoms with E-state index in [1.807, 2.05) is 0 Å². The highest BCUT2D eigenvalue weighted by atomic mass is 16.2. The zero-order valence-corrected chi connectivity index (χ0v) is 6.98. The van der Waals surface area contributed by atoms with E-state index in [-0.39, 0.29) is 6.03 Å². The lowest BCUT2D eigenvalue weighted by atomic mass is 10.5. The Kier molecular flexibility index (Phi) is 2.57. The van der Waals surface area contributed by atoms with Crippen molar-refractivity contribution in [1.29, 1.82) is 0 Å². The molecule has 1 aromatic rings. The van der Waals surface area contributed by atoms with E-state index >= 15 is 0 Å². The second kappa shape index (κ2) is 3.66. The summed E-state index contributed by atoms with van der Waals surface area (Å²) in [5.41, 5.74) is 0. The lowest BCUT2D eigenvalue weighted by molar-refractivity contribution is 0.230. The fourth-order valence-corrected chi connectivity index (χ4v) is 0.590. The third-order valence-electron chi connectivity index (χ3n) is 1.21. The van der Waals surface area contributed by atoms with Crippen LogP contribution in [0.15, 0.2) is 18.3 Å². The van der Waals surface area contributed by atoms with Gasteiger partial charge in [0, 0.05) is 20.3 Å². The van der Waals surface area contributed by atoms with Gasteiger partial charge in [0.25, 0.3) is 0 Å². The van der Waals surface area contributed by atoms with Gasteiger partial charge in [0.1, 0.15) is 0 Å².